The highest BCUT2D eigenvalue weighted by molar-refractivity contribution is 8.00. The maximum atomic E-state index is 13.9. The molecule has 1 unspecified atom stereocenters. The summed E-state index contributed by atoms with van der Waals surface area (Å²) in [7, 11) is 0. The van der Waals surface area contributed by atoms with E-state index in [0.29, 0.717) is 23.9 Å². The third-order valence-electron chi connectivity index (χ3n) is 7.26. The molecule has 0 spiro atoms. The molecule has 0 radical (unpaired) electrons. The lowest BCUT2D eigenvalue weighted by Gasteiger charge is -2.24. The second kappa shape index (κ2) is 11.2. The van der Waals surface area contributed by atoms with Crippen LogP contribution in [0.1, 0.15) is 54.0 Å². The minimum absolute atomic E-state index is 0.137. The Morgan fingerprint density at radius 2 is 1.93 bits per heavy atom. The molecule has 0 fully saturated rings. The Balaban J connectivity index is 1.49. The van der Waals surface area contributed by atoms with Crippen molar-refractivity contribution < 1.29 is 19.1 Å². The molecule has 2 aliphatic rings. The molecule has 2 amide bonds. The molecule has 0 saturated carbocycles. The van der Waals surface area contributed by atoms with E-state index in [4.69, 9.17) is 14.6 Å². The van der Waals surface area contributed by atoms with Gasteiger partial charge in [-0.15, -0.1) is 11.8 Å². The summed E-state index contributed by atoms with van der Waals surface area (Å²) in [5.41, 5.74) is 5.18. The fraction of sp³-hybridized carbons (Fsp3) is 0.312. The standard InChI is InChI=1S/C32H33N5O4S/c1-20-7-5-9-23(13-20)37-31-28(30(35-37)32(2,3)4)29(22-10-11-24-25(14-22)41-19-40-24)42-18-27(39)36(31)17-26(38)34-16-21-8-6-12-33-15-21/h5-15,29H,16-19H2,1-4H3,(H,34,38). The van der Waals surface area contributed by atoms with Crippen LogP contribution in [-0.4, -0.2) is 45.7 Å². The summed E-state index contributed by atoms with van der Waals surface area (Å²) in [6.07, 6.45) is 3.40. The number of carbonyl (C=O) groups excluding carboxylic acids is 2. The monoisotopic (exact) mass is 583 g/mol. The van der Waals surface area contributed by atoms with Crippen LogP contribution in [0.2, 0.25) is 0 Å². The highest BCUT2D eigenvalue weighted by atomic mass is 32.2. The molecule has 0 saturated heterocycles. The van der Waals surface area contributed by atoms with E-state index in [-0.39, 0.29) is 41.6 Å². The fourth-order valence-electron chi connectivity index (χ4n) is 5.26. The smallest absolute Gasteiger partial charge is 0.240 e. The molecular formula is C32H33N5O4S. The average Bonchev–Trinajstić information content (AvgIpc) is 3.57. The molecular weight excluding hydrogens is 550 g/mol. The summed E-state index contributed by atoms with van der Waals surface area (Å²) in [6.45, 7) is 8.75. The van der Waals surface area contributed by atoms with Crippen molar-refractivity contribution in [2.75, 3.05) is 24.0 Å². The quantitative estimate of drug-likeness (QED) is 0.338. The number of pyridine rings is 1. The van der Waals surface area contributed by atoms with Crippen LogP contribution >= 0.6 is 11.8 Å². The summed E-state index contributed by atoms with van der Waals surface area (Å²) in [5, 5.41) is 7.89. The first kappa shape index (κ1) is 27.8. The number of anilines is 1. The lowest BCUT2D eigenvalue weighted by molar-refractivity contribution is -0.123. The van der Waals surface area contributed by atoms with Crippen molar-refractivity contribution >= 4 is 29.4 Å². The second-order valence-electron chi connectivity index (χ2n) is 11.5. The van der Waals surface area contributed by atoms with Gasteiger partial charge in [0, 0.05) is 29.9 Å². The molecule has 42 heavy (non-hydrogen) atoms. The summed E-state index contributed by atoms with van der Waals surface area (Å²) in [5.74, 6) is 1.77. The Morgan fingerprint density at radius 3 is 2.69 bits per heavy atom. The van der Waals surface area contributed by atoms with Crippen LogP contribution in [-0.2, 0) is 21.5 Å². The third-order valence-corrected chi connectivity index (χ3v) is 8.51. The van der Waals surface area contributed by atoms with E-state index in [1.54, 1.807) is 17.3 Å². The van der Waals surface area contributed by atoms with Crippen LogP contribution in [0.5, 0.6) is 11.5 Å². The van der Waals surface area contributed by atoms with Gasteiger partial charge in [0.25, 0.3) is 0 Å². The van der Waals surface area contributed by atoms with E-state index in [0.717, 1.165) is 33.6 Å². The Labute approximate surface area is 249 Å². The molecule has 0 bridgehead atoms. The Hall–Kier alpha value is -4.31. The number of benzene rings is 2. The number of nitrogens with zero attached hydrogens (tertiary/aromatic N) is 4. The molecule has 2 aromatic carbocycles. The first-order valence-corrected chi connectivity index (χ1v) is 14.9. The van der Waals surface area contributed by atoms with E-state index >= 15 is 0 Å². The summed E-state index contributed by atoms with van der Waals surface area (Å²) < 4.78 is 13.1. The third kappa shape index (κ3) is 5.46. The van der Waals surface area contributed by atoms with Gasteiger partial charge in [0.15, 0.2) is 11.5 Å². The van der Waals surface area contributed by atoms with Crippen molar-refractivity contribution in [2.24, 2.45) is 0 Å². The first-order valence-electron chi connectivity index (χ1n) is 13.9. The topological polar surface area (TPSA) is 98.6 Å². The van der Waals surface area contributed by atoms with E-state index in [1.807, 2.05) is 66.2 Å². The van der Waals surface area contributed by atoms with Crippen LogP contribution in [0.15, 0.2) is 67.0 Å². The molecule has 1 N–H and O–H groups in total. The summed E-state index contributed by atoms with van der Waals surface area (Å²) in [6, 6.07) is 17.7. The van der Waals surface area contributed by atoms with Gasteiger partial charge in [-0.1, -0.05) is 45.0 Å². The van der Waals surface area contributed by atoms with Gasteiger partial charge in [0.2, 0.25) is 18.6 Å². The maximum absolute atomic E-state index is 13.9. The largest absolute Gasteiger partial charge is 0.454 e. The predicted molar refractivity (Wildman–Crippen MR) is 162 cm³/mol. The lowest BCUT2D eigenvalue weighted by Crippen LogP contribution is -2.42. The molecule has 216 valence electrons. The van der Waals surface area contributed by atoms with Crippen molar-refractivity contribution in [1.29, 1.82) is 0 Å². The zero-order valence-corrected chi connectivity index (χ0v) is 24.9. The SMILES string of the molecule is Cc1cccc(-n2nc(C(C)(C)C)c3c2N(CC(=O)NCc2cccnc2)C(=O)CSC3c2ccc3c(c2)OCO3)c1. The van der Waals surface area contributed by atoms with Crippen LogP contribution in [0.3, 0.4) is 0 Å². The van der Waals surface area contributed by atoms with Gasteiger partial charge < -0.3 is 14.8 Å². The van der Waals surface area contributed by atoms with Gasteiger partial charge >= 0.3 is 0 Å². The fourth-order valence-corrected chi connectivity index (χ4v) is 6.44. The summed E-state index contributed by atoms with van der Waals surface area (Å²) >= 11 is 1.54. The average molecular weight is 584 g/mol. The van der Waals surface area contributed by atoms with Crippen LogP contribution in [0.25, 0.3) is 5.69 Å². The normalized spacial score (nSPS) is 16.2. The molecule has 4 heterocycles. The number of amides is 2. The molecule has 1 atom stereocenters. The van der Waals surface area contributed by atoms with Crippen LogP contribution in [0, 0.1) is 6.92 Å². The van der Waals surface area contributed by atoms with Crippen molar-refractivity contribution in [3.63, 3.8) is 0 Å². The number of aryl methyl sites for hydroxylation is 1. The highest BCUT2D eigenvalue weighted by Gasteiger charge is 2.40. The predicted octanol–water partition coefficient (Wildman–Crippen LogP) is 5.09. The zero-order chi connectivity index (χ0) is 29.4. The number of fused-ring (bicyclic) bond motifs is 2. The van der Waals surface area contributed by atoms with Gasteiger partial charge in [-0.2, -0.15) is 5.10 Å². The van der Waals surface area contributed by atoms with Gasteiger partial charge in [-0.3, -0.25) is 19.5 Å². The number of hydrogen-bond acceptors (Lipinski definition) is 7. The van der Waals surface area contributed by atoms with Gasteiger partial charge in [-0.25, -0.2) is 4.68 Å². The van der Waals surface area contributed by atoms with Gasteiger partial charge in [-0.05, 0) is 53.9 Å². The van der Waals surface area contributed by atoms with Gasteiger partial charge in [0.05, 0.1) is 22.4 Å². The number of rotatable bonds is 6. The minimum atomic E-state index is -0.351. The lowest BCUT2D eigenvalue weighted by atomic mass is 9.87. The Bertz CT molecular complexity index is 1650. The minimum Gasteiger partial charge on any atom is -0.454 e. The Morgan fingerprint density at radius 1 is 1.10 bits per heavy atom. The second-order valence-corrected chi connectivity index (χ2v) is 12.6. The number of carbonyl (C=O) groups is 2. The van der Waals surface area contributed by atoms with Crippen molar-refractivity contribution in [3.8, 4) is 17.2 Å². The molecule has 2 aromatic heterocycles. The molecule has 0 aliphatic carbocycles. The van der Waals surface area contributed by atoms with E-state index in [2.05, 4.69) is 31.1 Å². The van der Waals surface area contributed by atoms with Crippen molar-refractivity contribution in [3.05, 3.63) is 94.9 Å². The van der Waals surface area contributed by atoms with Crippen molar-refractivity contribution in [1.82, 2.24) is 20.1 Å². The number of hydrogen-bond donors (Lipinski definition) is 1. The first-order chi connectivity index (χ1) is 20.2. The molecule has 2 aliphatic heterocycles. The molecule has 6 rings (SSSR count). The van der Waals surface area contributed by atoms with Gasteiger partial charge in [0.1, 0.15) is 12.4 Å². The molecule has 4 aromatic rings. The Kier molecular flexibility index (Phi) is 7.40. The van der Waals surface area contributed by atoms with Crippen LogP contribution in [0.4, 0.5) is 5.82 Å². The summed E-state index contributed by atoms with van der Waals surface area (Å²) in [4.78, 5) is 33.0. The number of nitrogens with one attached hydrogen (secondary N) is 1. The highest BCUT2D eigenvalue weighted by Crippen LogP contribution is 2.49. The van der Waals surface area contributed by atoms with E-state index in [9.17, 15) is 9.59 Å². The van der Waals surface area contributed by atoms with Crippen molar-refractivity contribution in [2.45, 2.75) is 44.9 Å². The number of aromatic nitrogens is 3. The zero-order valence-electron chi connectivity index (χ0n) is 24.1. The number of ether oxygens (including phenoxy) is 2. The molecule has 10 heteroatoms. The van der Waals surface area contributed by atoms with E-state index in [1.165, 1.54) is 11.8 Å². The maximum Gasteiger partial charge on any atom is 0.240 e. The number of thioether (sulfide) groups is 1. The van der Waals surface area contributed by atoms with E-state index < -0.39 is 0 Å². The van der Waals surface area contributed by atoms with Crippen LogP contribution < -0.4 is 19.7 Å². The molecule has 9 nitrogen and oxygen atoms in total.